The molecule has 2 heteroatoms. The predicted octanol–water partition coefficient (Wildman–Crippen LogP) is 2.22. The van der Waals surface area contributed by atoms with Crippen LogP contribution in [-0.4, -0.2) is 17.3 Å². The number of allylic oxidation sites excluding steroid dienone is 1. The maximum absolute atomic E-state index is 10.5. The molecule has 0 saturated heterocycles. The van der Waals surface area contributed by atoms with Crippen LogP contribution in [0.2, 0.25) is 0 Å². The van der Waals surface area contributed by atoms with E-state index in [0.717, 1.165) is 12.8 Å². The number of nitrogens with two attached hydrogens (primary N) is 1. The predicted molar refractivity (Wildman–Crippen MR) is 60.0 cm³/mol. The van der Waals surface area contributed by atoms with E-state index in [9.17, 15) is 5.11 Å². The average molecular weight is 197 g/mol. The first-order valence-corrected chi connectivity index (χ1v) is 5.73. The summed E-state index contributed by atoms with van der Waals surface area (Å²) in [6.07, 6.45) is 8.05. The minimum atomic E-state index is -0.760. The molecule has 0 heterocycles. The van der Waals surface area contributed by atoms with E-state index in [-0.39, 0.29) is 5.92 Å². The third-order valence-electron chi connectivity index (χ3n) is 3.36. The van der Waals surface area contributed by atoms with Crippen LogP contribution in [0.4, 0.5) is 0 Å². The Labute approximate surface area is 87.2 Å². The zero-order chi connectivity index (χ0) is 10.6. The lowest BCUT2D eigenvalue weighted by Gasteiger charge is -2.33. The second-order valence-corrected chi connectivity index (χ2v) is 4.61. The molecule has 1 unspecified atom stereocenters. The Balaban J connectivity index is 2.81. The summed E-state index contributed by atoms with van der Waals surface area (Å²) in [5, 5.41) is 10.5. The maximum atomic E-state index is 10.5. The summed E-state index contributed by atoms with van der Waals surface area (Å²) in [5.41, 5.74) is 6.11. The summed E-state index contributed by atoms with van der Waals surface area (Å²) in [7, 11) is 0. The van der Waals surface area contributed by atoms with Crippen LogP contribution in [0.15, 0.2) is 11.6 Å². The van der Waals surface area contributed by atoms with Crippen LogP contribution in [0, 0.1) is 5.92 Å². The first kappa shape index (κ1) is 11.7. The van der Waals surface area contributed by atoms with Gasteiger partial charge in [0.2, 0.25) is 0 Å². The Hall–Kier alpha value is -0.340. The van der Waals surface area contributed by atoms with Gasteiger partial charge in [-0.2, -0.15) is 0 Å². The van der Waals surface area contributed by atoms with Gasteiger partial charge in [-0.05, 0) is 37.2 Å². The molecule has 82 valence electrons. The van der Waals surface area contributed by atoms with E-state index < -0.39 is 5.60 Å². The van der Waals surface area contributed by atoms with Gasteiger partial charge >= 0.3 is 0 Å². The monoisotopic (exact) mass is 197 g/mol. The second kappa shape index (κ2) is 4.94. The van der Waals surface area contributed by atoms with Crippen molar-refractivity contribution in [2.75, 3.05) is 6.54 Å². The minimum absolute atomic E-state index is 0.205. The van der Waals surface area contributed by atoms with Gasteiger partial charge in [0.05, 0.1) is 0 Å². The number of hydrogen-bond acceptors (Lipinski definition) is 2. The Bertz CT molecular complexity index is 210. The summed E-state index contributed by atoms with van der Waals surface area (Å²) in [6, 6.07) is 0. The summed E-state index contributed by atoms with van der Waals surface area (Å²) in [5.74, 6) is 0.205. The Morgan fingerprint density at radius 2 is 2.14 bits per heavy atom. The van der Waals surface area contributed by atoms with Crippen molar-refractivity contribution in [3.05, 3.63) is 11.6 Å². The molecule has 0 bridgehead atoms. The Morgan fingerprint density at radius 1 is 1.43 bits per heavy atom. The van der Waals surface area contributed by atoms with Gasteiger partial charge in [-0.1, -0.05) is 26.3 Å². The Morgan fingerprint density at radius 3 is 2.71 bits per heavy atom. The highest BCUT2D eigenvalue weighted by Gasteiger charge is 2.33. The molecule has 1 aliphatic rings. The van der Waals surface area contributed by atoms with Crippen LogP contribution >= 0.6 is 0 Å². The van der Waals surface area contributed by atoms with E-state index in [1.54, 1.807) is 0 Å². The molecule has 0 saturated carbocycles. The highest BCUT2D eigenvalue weighted by Crippen LogP contribution is 2.31. The van der Waals surface area contributed by atoms with Crippen LogP contribution in [0.25, 0.3) is 0 Å². The third-order valence-corrected chi connectivity index (χ3v) is 3.36. The van der Waals surface area contributed by atoms with Crippen molar-refractivity contribution in [1.29, 1.82) is 0 Å². The molecule has 0 aromatic carbocycles. The summed E-state index contributed by atoms with van der Waals surface area (Å²) in [4.78, 5) is 0. The highest BCUT2D eigenvalue weighted by atomic mass is 16.3. The molecule has 0 aromatic heterocycles. The van der Waals surface area contributed by atoms with Gasteiger partial charge in [-0.15, -0.1) is 0 Å². The fourth-order valence-electron chi connectivity index (χ4n) is 2.15. The van der Waals surface area contributed by atoms with Crippen LogP contribution in [0.5, 0.6) is 0 Å². The van der Waals surface area contributed by atoms with Crippen molar-refractivity contribution in [1.82, 2.24) is 0 Å². The minimum Gasteiger partial charge on any atom is -0.384 e. The van der Waals surface area contributed by atoms with Gasteiger partial charge in [0, 0.05) is 6.54 Å². The fraction of sp³-hybridized carbons (Fsp3) is 0.833. The van der Waals surface area contributed by atoms with Crippen molar-refractivity contribution in [3.8, 4) is 0 Å². The lowest BCUT2D eigenvalue weighted by Crippen LogP contribution is -2.44. The zero-order valence-corrected chi connectivity index (χ0v) is 9.42. The largest absolute Gasteiger partial charge is 0.384 e. The lowest BCUT2D eigenvalue weighted by atomic mass is 9.81. The van der Waals surface area contributed by atoms with E-state index in [4.69, 9.17) is 5.73 Å². The van der Waals surface area contributed by atoms with Gasteiger partial charge in [0.25, 0.3) is 0 Å². The first-order valence-electron chi connectivity index (χ1n) is 5.73. The molecule has 0 aromatic rings. The average Bonchev–Trinajstić information content (AvgIpc) is 2.44. The van der Waals surface area contributed by atoms with Gasteiger partial charge < -0.3 is 10.8 Å². The molecule has 1 aliphatic carbocycles. The maximum Gasteiger partial charge on any atom is 0.100 e. The molecular formula is C12H23NO. The molecule has 14 heavy (non-hydrogen) atoms. The molecule has 0 amide bonds. The number of rotatable bonds is 3. The van der Waals surface area contributed by atoms with Crippen LogP contribution in [-0.2, 0) is 0 Å². The van der Waals surface area contributed by atoms with Crippen LogP contribution in [0.3, 0.4) is 0 Å². The normalized spacial score (nSPS) is 22.8. The first-order chi connectivity index (χ1) is 6.61. The van der Waals surface area contributed by atoms with E-state index in [1.807, 2.05) is 13.8 Å². The second-order valence-electron chi connectivity index (χ2n) is 4.61. The van der Waals surface area contributed by atoms with Gasteiger partial charge in [0.15, 0.2) is 0 Å². The van der Waals surface area contributed by atoms with Gasteiger partial charge in [0.1, 0.15) is 5.60 Å². The fourth-order valence-corrected chi connectivity index (χ4v) is 2.15. The van der Waals surface area contributed by atoms with Gasteiger partial charge in [-0.3, -0.25) is 0 Å². The van der Waals surface area contributed by atoms with Crippen molar-refractivity contribution in [2.24, 2.45) is 11.7 Å². The van der Waals surface area contributed by atoms with Crippen molar-refractivity contribution in [2.45, 2.75) is 51.6 Å². The summed E-state index contributed by atoms with van der Waals surface area (Å²) >= 11 is 0. The summed E-state index contributed by atoms with van der Waals surface area (Å²) < 4.78 is 0. The standard InChI is InChI=1S/C12H23NO/c1-10(2)12(14,9-13)11-7-5-3-4-6-8-11/h7,10,14H,3-6,8-9,13H2,1-2H3. The molecule has 0 aliphatic heterocycles. The topological polar surface area (TPSA) is 46.2 Å². The molecule has 0 fully saturated rings. The van der Waals surface area contributed by atoms with Gasteiger partial charge in [-0.25, -0.2) is 0 Å². The van der Waals surface area contributed by atoms with Crippen molar-refractivity contribution < 1.29 is 5.11 Å². The quantitative estimate of drug-likeness (QED) is 0.681. The molecule has 3 N–H and O–H groups in total. The van der Waals surface area contributed by atoms with Crippen LogP contribution < -0.4 is 5.73 Å². The van der Waals surface area contributed by atoms with E-state index in [0.29, 0.717) is 6.54 Å². The van der Waals surface area contributed by atoms with E-state index in [2.05, 4.69) is 6.08 Å². The van der Waals surface area contributed by atoms with Crippen molar-refractivity contribution in [3.63, 3.8) is 0 Å². The molecule has 0 spiro atoms. The van der Waals surface area contributed by atoms with Crippen molar-refractivity contribution >= 4 is 0 Å². The van der Waals surface area contributed by atoms with E-state index in [1.165, 1.54) is 24.8 Å². The molecule has 1 rings (SSSR count). The number of aliphatic hydroxyl groups is 1. The molecule has 1 atom stereocenters. The molecular weight excluding hydrogens is 174 g/mol. The smallest absolute Gasteiger partial charge is 0.100 e. The lowest BCUT2D eigenvalue weighted by molar-refractivity contribution is 0.0365. The SMILES string of the molecule is CC(C)C(O)(CN)C1=CCCCCC1. The van der Waals surface area contributed by atoms with Crippen LogP contribution in [0.1, 0.15) is 46.0 Å². The molecule has 0 radical (unpaired) electrons. The van der Waals surface area contributed by atoms with E-state index >= 15 is 0 Å². The number of hydrogen-bond donors (Lipinski definition) is 2. The Kier molecular flexibility index (Phi) is 4.14. The third kappa shape index (κ3) is 2.37. The highest BCUT2D eigenvalue weighted by molar-refractivity contribution is 5.19. The molecule has 2 nitrogen and oxygen atoms in total. The summed E-state index contributed by atoms with van der Waals surface area (Å²) in [6.45, 7) is 4.42. The zero-order valence-electron chi connectivity index (χ0n) is 9.42.